The van der Waals surface area contributed by atoms with Crippen molar-refractivity contribution in [3.63, 3.8) is 0 Å². The van der Waals surface area contributed by atoms with E-state index >= 15 is 0 Å². The fraction of sp³-hybridized carbons (Fsp3) is 0.733. The molecule has 0 aliphatic heterocycles. The Morgan fingerprint density at radius 1 is 1.35 bits per heavy atom. The molecule has 0 radical (unpaired) electrons. The number of furan rings is 1. The van der Waals surface area contributed by atoms with Crippen LogP contribution < -0.4 is 5.32 Å². The minimum absolute atomic E-state index is 0.686. The largest absolute Gasteiger partial charge is 0.469 e. The lowest BCUT2D eigenvalue weighted by molar-refractivity contribution is 0.258. The van der Waals surface area contributed by atoms with Crippen LogP contribution in [0.3, 0.4) is 0 Å². The highest BCUT2D eigenvalue weighted by Gasteiger charge is 2.22. The lowest BCUT2D eigenvalue weighted by Crippen LogP contribution is -2.37. The lowest BCUT2D eigenvalue weighted by Gasteiger charge is -2.30. The van der Waals surface area contributed by atoms with Gasteiger partial charge < -0.3 is 9.73 Å². The standard InChI is InChI=1S/C15H25NO/c1-2-16-15(13-7-4-3-5-8-13)11-10-14-9-6-12-17-14/h6,9,12-13,15-16H,2-5,7-8,10-11H2,1H3. The number of hydrogen-bond donors (Lipinski definition) is 1. The van der Waals surface area contributed by atoms with Crippen molar-refractivity contribution in [2.75, 3.05) is 6.54 Å². The van der Waals surface area contributed by atoms with Crippen LogP contribution in [0.2, 0.25) is 0 Å². The van der Waals surface area contributed by atoms with Gasteiger partial charge in [0.05, 0.1) is 6.26 Å². The zero-order valence-electron chi connectivity index (χ0n) is 11.0. The van der Waals surface area contributed by atoms with Crippen LogP contribution in [-0.4, -0.2) is 12.6 Å². The second-order valence-corrected chi connectivity index (χ2v) is 5.18. The molecule has 0 saturated heterocycles. The fourth-order valence-corrected chi connectivity index (χ4v) is 3.06. The van der Waals surface area contributed by atoms with Gasteiger partial charge in [0.2, 0.25) is 0 Å². The molecule has 1 atom stereocenters. The van der Waals surface area contributed by atoms with E-state index in [9.17, 15) is 0 Å². The van der Waals surface area contributed by atoms with Gasteiger partial charge in [-0.15, -0.1) is 0 Å². The molecule has 0 bridgehead atoms. The highest BCUT2D eigenvalue weighted by molar-refractivity contribution is 4.99. The summed E-state index contributed by atoms with van der Waals surface area (Å²) < 4.78 is 5.42. The Hall–Kier alpha value is -0.760. The zero-order chi connectivity index (χ0) is 11.9. The van der Waals surface area contributed by atoms with Crippen molar-refractivity contribution in [3.05, 3.63) is 24.2 Å². The van der Waals surface area contributed by atoms with E-state index in [0.717, 1.165) is 24.6 Å². The molecule has 17 heavy (non-hydrogen) atoms. The van der Waals surface area contributed by atoms with Gasteiger partial charge >= 0.3 is 0 Å². The van der Waals surface area contributed by atoms with Gasteiger partial charge in [-0.1, -0.05) is 26.2 Å². The Labute approximate surface area is 105 Å². The van der Waals surface area contributed by atoms with Crippen molar-refractivity contribution in [1.29, 1.82) is 0 Å². The molecule has 1 heterocycles. The molecule has 2 nitrogen and oxygen atoms in total. The quantitative estimate of drug-likeness (QED) is 0.812. The maximum atomic E-state index is 5.42. The Balaban J connectivity index is 1.82. The predicted octanol–water partition coefficient (Wildman–Crippen LogP) is 3.77. The molecule has 2 rings (SSSR count). The van der Waals surface area contributed by atoms with Crippen molar-refractivity contribution < 1.29 is 4.42 Å². The van der Waals surface area contributed by atoms with E-state index in [1.165, 1.54) is 38.5 Å². The average Bonchev–Trinajstić information content (AvgIpc) is 2.88. The monoisotopic (exact) mass is 235 g/mol. The normalized spacial score (nSPS) is 19.4. The summed E-state index contributed by atoms with van der Waals surface area (Å²) in [5, 5.41) is 3.67. The minimum Gasteiger partial charge on any atom is -0.469 e. The van der Waals surface area contributed by atoms with Crippen LogP contribution in [0.4, 0.5) is 0 Å². The fourth-order valence-electron chi connectivity index (χ4n) is 3.06. The van der Waals surface area contributed by atoms with Crippen LogP contribution in [0.15, 0.2) is 22.8 Å². The molecule has 1 fully saturated rings. The molecule has 1 aromatic heterocycles. The molecule has 1 aliphatic carbocycles. The highest BCUT2D eigenvalue weighted by atomic mass is 16.3. The van der Waals surface area contributed by atoms with Crippen molar-refractivity contribution >= 4 is 0 Å². The van der Waals surface area contributed by atoms with Gasteiger partial charge in [-0.25, -0.2) is 0 Å². The van der Waals surface area contributed by atoms with Gasteiger partial charge in [0.1, 0.15) is 5.76 Å². The van der Waals surface area contributed by atoms with Gasteiger partial charge in [-0.2, -0.15) is 0 Å². The third-order valence-electron chi connectivity index (χ3n) is 3.97. The maximum Gasteiger partial charge on any atom is 0.103 e. The highest BCUT2D eigenvalue weighted by Crippen LogP contribution is 2.28. The van der Waals surface area contributed by atoms with E-state index < -0.39 is 0 Å². The molecule has 1 aromatic rings. The van der Waals surface area contributed by atoms with Gasteiger partial charge in [-0.3, -0.25) is 0 Å². The van der Waals surface area contributed by atoms with E-state index in [4.69, 9.17) is 4.42 Å². The molecule has 1 aliphatic rings. The van der Waals surface area contributed by atoms with Gasteiger partial charge in [0.25, 0.3) is 0 Å². The maximum absolute atomic E-state index is 5.42. The first-order chi connectivity index (χ1) is 8.40. The van der Waals surface area contributed by atoms with Crippen molar-refractivity contribution in [2.45, 2.75) is 57.9 Å². The second kappa shape index (κ2) is 6.85. The van der Waals surface area contributed by atoms with Crippen molar-refractivity contribution in [3.8, 4) is 0 Å². The summed E-state index contributed by atoms with van der Waals surface area (Å²) in [4.78, 5) is 0. The summed E-state index contributed by atoms with van der Waals surface area (Å²) in [5.41, 5.74) is 0. The first-order valence-electron chi connectivity index (χ1n) is 7.16. The third-order valence-corrected chi connectivity index (χ3v) is 3.97. The van der Waals surface area contributed by atoms with Crippen molar-refractivity contribution in [1.82, 2.24) is 5.32 Å². The molecule has 96 valence electrons. The van der Waals surface area contributed by atoms with Gasteiger partial charge in [0.15, 0.2) is 0 Å². The summed E-state index contributed by atoms with van der Waals surface area (Å²) in [5.74, 6) is 2.02. The Kier molecular flexibility index (Phi) is 5.11. The zero-order valence-corrected chi connectivity index (χ0v) is 11.0. The van der Waals surface area contributed by atoms with Crippen molar-refractivity contribution in [2.24, 2.45) is 5.92 Å². The molecule has 1 saturated carbocycles. The molecule has 1 N–H and O–H groups in total. The Morgan fingerprint density at radius 3 is 2.82 bits per heavy atom. The Bertz CT molecular complexity index is 288. The molecular formula is C15H25NO. The van der Waals surface area contributed by atoms with Crippen LogP contribution in [0.25, 0.3) is 0 Å². The smallest absolute Gasteiger partial charge is 0.103 e. The Morgan fingerprint density at radius 2 is 2.18 bits per heavy atom. The number of nitrogens with one attached hydrogen (secondary N) is 1. The first kappa shape index (κ1) is 12.7. The number of hydrogen-bond acceptors (Lipinski definition) is 2. The molecule has 0 spiro atoms. The van der Waals surface area contributed by atoms with E-state index in [-0.39, 0.29) is 0 Å². The topological polar surface area (TPSA) is 25.2 Å². The van der Waals surface area contributed by atoms with Crippen LogP contribution in [0.1, 0.15) is 51.2 Å². The van der Waals surface area contributed by atoms with E-state index in [0.29, 0.717) is 6.04 Å². The minimum atomic E-state index is 0.686. The number of aryl methyl sites for hydroxylation is 1. The average molecular weight is 235 g/mol. The summed E-state index contributed by atoms with van der Waals surface area (Å²) in [6, 6.07) is 4.76. The number of rotatable bonds is 6. The second-order valence-electron chi connectivity index (χ2n) is 5.18. The van der Waals surface area contributed by atoms with E-state index in [2.05, 4.69) is 18.3 Å². The predicted molar refractivity (Wildman–Crippen MR) is 71.1 cm³/mol. The summed E-state index contributed by atoms with van der Waals surface area (Å²) in [6.07, 6.45) is 11.2. The summed E-state index contributed by atoms with van der Waals surface area (Å²) in [7, 11) is 0. The molecular weight excluding hydrogens is 210 g/mol. The van der Waals surface area contributed by atoms with E-state index in [1.54, 1.807) is 6.26 Å². The van der Waals surface area contributed by atoms with Gasteiger partial charge in [0, 0.05) is 12.5 Å². The molecule has 0 aromatic carbocycles. The van der Waals surface area contributed by atoms with E-state index in [1.807, 2.05) is 6.07 Å². The summed E-state index contributed by atoms with van der Waals surface area (Å²) >= 11 is 0. The summed E-state index contributed by atoms with van der Waals surface area (Å²) in [6.45, 7) is 3.29. The van der Waals surface area contributed by atoms with Crippen LogP contribution in [0, 0.1) is 5.92 Å². The first-order valence-corrected chi connectivity index (χ1v) is 7.16. The lowest BCUT2D eigenvalue weighted by atomic mass is 9.82. The van der Waals surface area contributed by atoms with Gasteiger partial charge in [-0.05, 0) is 43.9 Å². The molecule has 2 heteroatoms. The van der Waals surface area contributed by atoms with Crippen LogP contribution >= 0.6 is 0 Å². The van der Waals surface area contributed by atoms with Crippen LogP contribution in [-0.2, 0) is 6.42 Å². The van der Waals surface area contributed by atoms with Crippen LogP contribution in [0.5, 0.6) is 0 Å². The SMILES string of the molecule is CCNC(CCc1ccco1)C1CCCCC1. The molecule has 1 unspecified atom stereocenters. The third kappa shape index (κ3) is 3.88. The molecule has 0 amide bonds.